The van der Waals surface area contributed by atoms with E-state index in [0.29, 0.717) is 23.5 Å². The maximum Gasteiger partial charge on any atom is 0.116 e. The predicted molar refractivity (Wildman–Crippen MR) is 105 cm³/mol. The molecule has 142 valence electrons. The molecule has 2 heteroatoms. The quantitative estimate of drug-likeness (QED) is 0.683. The molecule has 0 amide bonds. The summed E-state index contributed by atoms with van der Waals surface area (Å²) < 4.78 is 0. The second-order valence-electron chi connectivity index (χ2n) is 10.00. The average Bonchev–Trinajstić information content (AvgIpc) is 2.96. The molecule has 0 radical (unpaired) electrons. The fraction of sp³-hybridized carbons (Fsp3) is 0.750. The molecule has 2 N–H and O–H groups in total. The maximum atomic E-state index is 10.6. The molecule has 5 rings (SSSR count). The van der Waals surface area contributed by atoms with Gasteiger partial charge in [-0.15, -0.1) is 0 Å². The summed E-state index contributed by atoms with van der Waals surface area (Å²) in [5.74, 6) is 3.24. The highest BCUT2D eigenvalue weighted by molar-refractivity contribution is 5.48. The van der Waals surface area contributed by atoms with Crippen molar-refractivity contribution in [3.63, 3.8) is 0 Å². The molecular weight excluding hydrogens is 320 g/mol. The van der Waals surface area contributed by atoms with E-state index in [4.69, 9.17) is 0 Å². The molecule has 4 aliphatic carbocycles. The fourth-order valence-electron chi connectivity index (χ4n) is 7.47. The lowest BCUT2D eigenvalue weighted by atomic mass is 9.54. The van der Waals surface area contributed by atoms with Crippen molar-refractivity contribution in [2.24, 2.45) is 17.3 Å². The second-order valence-corrected chi connectivity index (χ2v) is 10.00. The molecule has 2 nitrogen and oxygen atoms in total. The Morgan fingerprint density at radius 3 is 2.58 bits per heavy atom. The zero-order valence-electron chi connectivity index (χ0n) is 16.2. The molecule has 0 unspecified atom stereocenters. The molecule has 4 aliphatic rings. The number of benzene rings is 1. The maximum absolute atomic E-state index is 10.6. The van der Waals surface area contributed by atoms with Crippen molar-refractivity contribution in [3.8, 4) is 5.75 Å². The van der Waals surface area contributed by atoms with Crippen molar-refractivity contribution < 1.29 is 10.2 Å². The van der Waals surface area contributed by atoms with Gasteiger partial charge in [-0.2, -0.15) is 0 Å². The van der Waals surface area contributed by atoms with E-state index in [1.807, 2.05) is 0 Å². The van der Waals surface area contributed by atoms with Gasteiger partial charge in [0.15, 0.2) is 0 Å². The summed E-state index contributed by atoms with van der Waals surface area (Å²) in [7, 11) is 0. The van der Waals surface area contributed by atoms with Crippen molar-refractivity contribution in [1.29, 1.82) is 0 Å². The first-order valence-corrected chi connectivity index (χ1v) is 11.1. The van der Waals surface area contributed by atoms with Crippen molar-refractivity contribution in [1.82, 2.24) is 0 Å². The van der Waals surface area contributed by atoms with E-state index >= 15 is 0 Å². The lowest BCUT2D eigenvalue weighted by Gasteiger charge is -2.51. The third kappa shape index (κ3) is 2.47. The molecule has 1 aromatic rings. The Balaban J connectivity index is 1.55. The normalized spacial score (nSPS) is 39.9. The highest BCUT2D eigenvalue weighted by Gasteiger charge is 2.54. The van der Waals surface area contributed by atoms with E-state index < -0.39 is 0 Å². The number of phenols is 1. The van der Waals surface area contributed by atoms with Crippen LogP contribution in [-0.4, -0.2) is 16.3 Å². The Labute approximate surface area is 158 Å². The van der Waals surface area contributed by atoms with Gasteiger partial charge in [-0.05, 0) is 109 Å². The second kappa shape index (κ2) is 6.26. The summed E-state index contributed by atoms with van der Waals surface area (Å²) in [5, 5.41) is 21.0. The smallest absolute Gasteiger partial charge is 0.116 e. The summed E-state index contributed by atoms with van der Waals surface area (Å²) in [6.07, 6.45) is 13.6. The van der Waals surface area contributed by atoms with Crippen LogP contribution in [0.5, 0.6) is 5.75 Å². The Kier molecular flexibility index (Phi) is 4.12. The highest BCUT2D eigenvalue weighted by Crippen LogP contribution is 2.62. The van der Waals surface area contributed by atoms with Crippen LogP contribution in [0.15, 0.2) is 12.1 Å². The lowest BCUT2D eigenvalue weighted by molar-refractivity contribution is -0.0228. The number of aliphatic hydroxyl groups excluding tert-OH is 1. The standard InChI is InChI=1S/C24H34O2/c1-24-12-11-19-18(21(24)9-10-22(24)26)8-7-16-13-17(25)14-20(23(16)19)15-5-3-2-4-6-15/h13-15,18-19,21-22,25-26H,2-12H2,1H3/t18-,19+,21+,22-,24+/m1/s1. The summed E-state index contributed by atoms with van der Waals surface area (Å²) >= 11 is 0. The molecule has 3 saturated carbocycles. The lowest BCUT2D eigenvalue weighted by Crippen LogP contribution is -2.44. The van der Waals surface area contributed by atoms with Crippen molar-refractivity contribution >= 4 is 0 Å². The molecule has 5 atom stereocenters. The number of rotatable bonds is 1. The number of phenolic OH excluding ortho intramolecular Hbond substituents is 1. The van der Waals surface area contributed by atoms with Gasteiger partial charge in [0, 0.05) is 0 Å². The van der Waals surface area contributed by atoms with E-state index in [1.54, 1.807) is 5.56 Å². The minimum atomic E-state index is -0.0903. The number of aryl methyl sites for hydroxylation is 1. The molecule has 1 aromatic carbocycles. The molecule has 0 aliphatic heterocycles. The van der Waals surface area contributed by atoms with E-state index in [1.165, 1.54) is 68.9 Å². The largest absolute Gasteiger partial charge is 0.508 e. The van der Waals surface area contributed by atoms with Crippen LogP contribution in [0.2, 0.25) is 0 Å². The Morgan fingerprint density at radius 2 is 1.77 bits per heavy atom. The number of aliphatic hydroxyl groups is 1. The first kappa shape index (κ1) is 17.1. The summed E-state index contributed by atoms with van der Waals surface area (Å²) in [5.41, 5.74) is 4.72. The monoisotopic (exact) mass is 354 g/mol. The van der Waals surface area contributed by atoms with Gasteiger partial charge < -0.3 is 10.2 Å². The molecule has 0 saturated heterocycles. The third-order valence-electron chi connectivity index (χ3n) is 8.83. The van der Waals surface area contributed by atoms with Gasteiger partial charge in [0.05, 0.1) is 6.10 Å². The summed E-state index contributed by atoms with van der Waals surface area (Å²) in [6.45, 7) is 2.36. The van der Waals surface area contributed by atoms with Crippen molar-refractivity contribution in [2.75, 3.05) is 0 Å². The summed E-state index contributed by atoms with van der Waals surface area (Å²) in [6, 6.07) is 4.18. The zero-order valence-corrected chi connectivity index (χ0v) is 16.2. The van der Waals surface area contributed by atoms with E-state index in [-0.39, 0.29) is 11.5 Å². The van der Waals surface area contributed by atoms with Gasteiger partial charge in [0.2, 0.25) is 0 Å². The molecular formula is C24H34O2. The van der Waals surface area contributed by atoms with Crippen LogP contribution in [0.3, 0.4) is 0 Å². The van der Waals surface area contributed by atoms with Crippen molar-refractivity contribution in [2.45, 2.75) is 95.5 Å². The van der Waals surface area contributed by atoms with Crippen molar-refractivity contribution in [3.05, 3.63) is 28.8 Å². The van der Waals surface area contributed by atoms with Crippen LogP contribution in [0.1, 0.15) is 99.7 Å². The van der Waals surface area contributed by atoms with Gasteiger partial charge in [-0.1, -0.05) is 26.2 Å². The van der Waals surface area contributed by atoms with Gasteiger partial charge in [-0.25, -0.2) is 0 Å². The first-order valence-electron chi connectivity index (χ1n) is 11.1. The van der Waals surface area contributed by atoms with Crippen LogP contribution in [-0.2, 0) is 6.42 Å². The van der Waals surface area contributed by atoms with Gasteiger partial charge in [0.1, 0.15) is 5.75 Å². The molecule has 0 spiro atoms. The number of hydrogen-bond acceptors (Lipinski definition) is 2. The SMILES string of the molecule is C[C@]12CC[C@@H]3c4c(cc(O)cc4C4CCCCC4)CC[C@H]3[C@@H]1CC[C@H]2O. The van der Waals surface area contributed by atoms with E-state index in [0.717, 1.165) is 18.8 Å². The number of aromatic hydroxyl groups is 1. The minimum Gasteiger partial charge on any atom is -0.508 e. The highest BCUT2D eigenvalue weighted by atomic mass is 16.3. The van der Waals surface area contributed by atoms with Gasteiger partial charge >= 0.3 is 0 Å². The van der Waals surface area contributed by atoms with Crippen LogP contribution in [0, 0.1) is 17.3 Å². The predicted octanol–water partition coefficient (Wildman–Crippen LogP) is 5.66. The van der Waals surface area contributed by atoms with E-state index in [9.17, 15) is 10.2 Å². The zero-order chi connectivity index (χ0) is 17.9. The van der Waals surface area contributed by atoms with Crippen LogP contribution < -0.4 is 0 Å². The molecule has 0 bridgehead atoms. The molecule has 0 aromatic heterocycles. The van der Waals surface area contributed by atoms with Crippen LogP contribution in [0.4, 0.5) is 0 Å². The van der Waals surface area contributed by atoms with Gasteiger partial charge in [-0.3, -0.25) is 0 Å². The minimum absolute atomic E-state index is 0.0903. The van der Waals surface area contributed by atoms with E-state index in [2.05, 4.69) is 19.1 Å². The Hall–Kier alpha value is -1.02. The van der Waals surface area contributed by atoms with Gasteiger partial charge in [0.25, 0.3) is 0 Å². The van der Waals surface area contributed by atoms with Crippen LogP contribution in [0.25, 0.3) is 0 Å². The third-order valence-corrected chi connectivity index (χ3v) is 8.83. The Bertz CT molecular complexity index is 690. The topological polar surface area (TPSA) is 40.5 Å². The Morgan fingerprint density at radius 1 is 0.962 bits per heavy atom. The fourth-order valence-corrected chi connectivity index (χ4v) is 7.47. The molecule has 26 heavy (non-hydrogen) atoms. The molecule has 0 heterocycles. The number of fused-ring (bicyclic) bond motifs is 5. The average molecular weight is 355 g/mol. The summed E-state index contributed by atoms with van der Waals surface area (Å²) in [4.78, 5) is 0. The first-order chi connectivity index (χ1) is 12.6. The number of hydrogen-bond donors (Lipinski definition) is 2. The molecule has 3 fully saturated rings. The van der Waals surface area contributed by atoms with Crippen LogP contribution >= 0.6 is 0 Å².